The molecule has 2 unspecified atom stereocenters. The molecule has 0 radical (unpaired) electrons. The van der Waals surface area contributed by atoms with Gasteiger partial charge in [0, 0.05) is 0 Å². The summed E-state index contributed by atoms with van der Waals surface area (Å²) in [5.74, 6) is -2.27. The van der Waals surface area contributed by atoms with Crippen molar-refractivity contribution in [3.05, 3.63) is 35.1 Å². The second-order valence-electron chi connectivity index (χ2n) is 4.06. The highest BCUT2D eigenvalue weighted by Crippen LogP contribution is 2.22. The van der Waals surface area contributed by atoms with Crippen LogP contribution in [-0.2, 0) is 14.3 Å². The molecule has 1 aromatic carbocycles. The van der Waals surface area contributed by atoms with E-state index in [2.05, 4.69) is 9.47 Å². The fraction of sp³-hybridized carbons (Fsp3) is 0.385. The fourth-order valence-electron chi connectivity index (χ4n) is 1.61. The molecule has 6 nitrogen and oxygen atoms in total. The van der Waals surface area contributed by atoms with Crippen molar-refractivity contribution in [3.8, 4) is 0 Å². The zero-order valence-electron chi connectivity index (χ0n) is 11.0. The number of carbonyl (C=O) groups is 2. The topological polar surface area (TPSA) is 93.1 Å². The Morgan fingerprint density at radius 3 is 2.40 bits per heavy atom. The van der Waals surface area contributed by atoms with E-state index in [1.165, 1.54) is 6.07 Å². The number of methoxy groups -OCH3 is 2. The van der Waals surface area contributed by atoms with Crippen molar-refractivity contribution in [2.45, 2.75) is 18.6 Å². The van der Waals surface area contributed by atoms with Crippen molar-refractivity contribution in [2.24, 2.45) is 0 Å². The van der Waals surface area contributed by atoms with Crippen LogP contribution in [0.2, 0.25) is 0 Å². The number of ether oxygens (including phenoxy) is 2. The predicted molar refractivity (Wildman–Crippen MR) is 65.3 cm³/mol. The molecule has 0 aliphatic carbocycles. The lowest BCUT2D eigenvalue weighted by molar-refractivity contribution is -0.144. The highest BCUT2D eigenvalue weighted by atomic mass is 19.1. The molecule has 0 aliphatic rings. The zero-order chi connectivity index (χ0) is 15.3. The number of hydrogen-bond acceptors (Lipinski definition) is 6. The largest absolute Gasteiger partial charge is 0.469 e. The highest BCUT2D eigenvalue weighted by Gasteiger charge is 2.23. The maximum absolute atomic E-state index is 13.4. The number of aliphatic hydroxyl groups excluding tert-OH is 2. The Labute approximate surface area is 114 Å². The smallest absolute Gasteiger partial charge is 0.337 e. The summed E-state index contributed by atoms with van der Waals surface area (Å²) >= 11 is 0. The molecule has 0 heterocycles. The Morgan fingerprint density at radius 2 is 1.85 bits per heavy atom. The van der Waals surface area contributed by atoms with Gasteiger partial charge in [-0.15, -0.1) is 0 Å². The Morgan fingerprint density at radius 1 is 1.20 bits per heavy atom. The van der Waals surface area contributed by atoms with Crippen molar-refractivity contribution < 1.29 is 33.7 Å². The van der Waals surface area contributed by atoms with E-state index in [1.807, 2.05) is 0 Å². The van der Waals surface area contributed by atoms with Gasteiger partial charge in [-0.25, -0.2) is 9.18 Å². The predicted octanol–water partition coefficient (Wildman–Crippen LogP) is 0.570. The molecule has 0 saturated carbocycles. The van der Waals surface area contributed by atoms with Gasteiger partial charge in [0.25, 0.3) is 0 Å². The molecule has 0 saturated heterocycles. The summed E-state index contributed by atoms with van der Waals surface area (Å²) in [5, 5.41) is 19.5. The second-order valence-corrected chi connectivity index (χ2v) is 4.06. The molecule has 2 atom stereocenters. The van der Waals surface area contributed by atoms with E-state index < -0.39 is 36.4 Å². The Hall–Kier alpha value is -1.99. The molecular formula is C13H15FO6. The first kappa shape index (κ1) is 16.1. The maximum Gasteiger partial charge on any atom is 0.337 e. The first-order valence-corrected chi connectivity index (χ1v) is 5.70. The monoisotopic (exact) mass is 286 g/mol. The van der Waals surface area contributed by atoms with E-state index in [1.54, 1.807) is 0 Å². The van der Waals surface area contributed by atoms with Gasteiger partial charge >= 0.3 is 11.9 Å². The Bertz CT molecular complexity index is 502. The molecule has 7 heteroatoms. The third-order valence-electron chi connectivity index (χ3n) is 2.65. The molecule has 20 heavy (non-hydrogen) atoms. The lowest BCUT2D eigenvalue weighted by atomic mass is 10.00. The van der Waals surface area contributed by atoms with Crippen LogP contribution in [0.25, 0.3) is 0 Å². The summed E-state index contributed by atoms with van der Waals surface area (Å²) in [6, 6.07) is 3.08. The average molecular weight is 286 g/mol. The number of esters is 2. The molecule has 110 valence electrons. The van der Waals surface area contributed by atoms with Gasteiger partial charge in [-0.3, -0.25) is 4.79 Å². The Kier molecular flexibility index (Phi) is 5.60. The quantitative estimate of drug-likeness (QED) is 0.769. The summed E-state index contributed by atoms with van der Waals surface area (Å²) in [4.78, 5) is 22.3. The van der Waals surface area contributed by atoms with E-state index in [0.29, 0.717) is 0 Å². The minimum Gasteiger partial charge on any atom is -0.469 e. The molecule has 1 aromatic rings. The normalized spacial score (nSPS) is 13.4. The number of rotatable bonds is 5. The highest BCUT2D eigenvalue weighted by molar-refractivity contribution is 5.89. The van der Waals surface area contributed by atoms with Gasteiger partial charge in [0.1, 0.15) is 11.9 Å². The third-order valence-corrected chi connectivity index (χ3v) is 2.65. The van der Waals surface area contributed by atoms with Gasteiger partial charge in [0.05, 0.1) is 32.3 Å². The van der Waals surface area contributed by atoms with Crippen LogP contribution in [0.3, 0.4) is 0 Å². The van der Waals surface area contributed by atoms with Crippen LogP contribution >= 0.6 is 0 Å². The van der Waals surface area contributed by atoms with Crippen molar-refractivity contribution in [2.75, 3.05) is 14.2 Å². The van der Waals surface area contributed by atoms with Crippen LogP contribution in [-0.4, -0.2) is 42.5 Å². The minimum absolute atomic E-state index is 0.0400. The number of benzene rings is 1. The summed E-state index contributed by atoms with van der Waals surface area (Å²) in [6.45, 7) is 0. The number of hydrogen-bond donors (Lipinski definition) is 2. The first-order chi connectivity index (χ1) is 9.38. The van der Waals surface area contributed by atoms with Crippen LogP contribution in [0.1, 0.15) is 28.4 Å². The van der Waals surface area contributed by atoms with Gasteiger partial charge in [-0.05, 0) is 23.8 Å². The number of aliphatic hydroxyl groups is 2. The number of carbonyl (C=O) groups excluding carboxylic acids is 2. The molecule has 1 rings (SSSR count). The lowest BCUT2D eigenvalue weighted by Crippen LogP contribution is -2.23. The Balaban J connectivity index is 2.97. The van der Waals surface area contributed by atoms with E-state index in [-0.39, 0.29) is 11.1 Å². The maximum atomic E-state index is 13.4. The third kappa shape index (κ3) is 4.01. The van der Waals surface area contributed by atoms with Crippen molar-refractivity contribution >= 4 is 11.9 Å². The van der Waals surface area contributed by atoms with Crippen LogP contribution in [0.4, 0.5) is 4.39 Å². The molecule has 0 spiro atoms. The minimum atomic E-state index is -1.53. The average Bonchev–Trinajstić information content (AvgIpc) is 2.44. The van der Waals surface area contributed by atoms with E-state index in [4.69, 9.17) is 0 Å². The molecule has 0 aliphatic heterocycles. The molecule has 0 bridgehead atoms. The van der Waals surface area contributed by atoms with E-state index in [9.17, 15) is 24.2 Å². The molecule has 0 fully saturated rings. The van der Waals surface area contributed by atoms with Gasteiger partial charge in [-0.1, -0.05) is 0 Å². The molecule has 0 amide bonds. The van der Waals surface area contributed by atoms with Gasteiger partial charge < -0.3 is 19.7 Å². The zero-order valence-corrected chi connectivity index (χ0v) is 11.0. The van der Waals surface area contributed by atoms with Crippen LogP contribution in [0.15, 0.2) is 18.2 Å². The first-order valence-electron chi connectivity index (χ1n) is 5.70. The van der Waals surface area contributed by atoms with E-state index >= 15 is 0 Å². The lowest BCUT2D eigenvalue weighted by Gasteiger charge is -2.17. The molecule has 0 aromatic heterocycles. The second kappa shape index (κ2) is 6.97. The van der Waals surface area contributed by atoms with Crippen LogP contribution < -0.4 is 0 Å². The fourth-order valence-corrected chi connectivity index (χ4v) is 1.61. The summed E-state index contributed by atoms with van der Waals surface area (Å²) in [5.41, 5.74) is -0.145. The SMILES string of the molecule is COC(=O)CC(O)C(O)c1cc(F)cc(C(=O)OC)c1. The van der Waals surface area contributed by atoms with Gasteiger partial charge in [0.15, 0.2) is 0 Å². The van der Waals surface area contributed by atoms with Crippen molar-refractivity contribution in [1.29, 1.82) is 0 Å². The van der Waals surface area contributed by atoms with Crippen molar-refractivity contribution in [3.63, 3.8) is 0 Å². The van der Waals surface area contributed by atoms with Crippen LogP contribution in [0, 0.1) is 5.82 Å². The van der Waals surface area contributed by atoms with E-state index in [0.717, 1.165) is 26.4 Å². The summed E-state index contributed by atoms with van der Waals surface area (Å²) < 4.78 is 22.2. The summed E-state index contributed by atoms with van der Waals surface area (Å²) in [7, 11) is 2.27. The van der Waals surface area contributed by atoms with Gasteiger partial charge in [-0.2, -0.15) is 0 Å². The molecular weight excluding hydrogens is 271 g/mol. The van der Waals surface area contributed by atoms with Crippen LogP contribution in [0.5, 0.6) is 0 Å². The number of halogens is 1. The van der Waals surface area contributed by atoms with Gasteiger partial charge in [0.2, 0.25) is 0 Å². The summed E-state index contributed by atoms with van der Waals surface area (Å²) in [6.07, 6.45) is -3.47. The van der Waals surface area contributed by atoms with Crippen molar-refractivity contribution in [1.82, 2.24) is 0 Å². The standard InChI is InChI=1S/C13H15FO6/c1-19-11(16)6-10(15)12(17)7-3-8(13(18)20-2)5-9(14)4-7/h3-5,10,12,15,17H,6H2,1-2H3. The molecule has 2 N–H and O–H groups in total.